The van der Waals surface area contributed by atoms with Gasteiger partial charge in [-0.2, -0.15) is 0 Å². The van der Waals surface area contributed by atoms with Crippen molar-refractivity contribution in [1.29, 1.82) is 0 Å². The first kappa shape index (κ1) is 17.1. The van der Waals surface area contributed by atoms with Crippen LogP contribution in [0.2, 0.25) is 5.02 Å². The molecule has 0 radical (unpaired) electrons. The molecular weight excluding hydrogens is 319 g/mol. The fourth-order valence-electron chi connectivity index (χ4n) is 1.82. The highest BCUT2D eigenvalue weighted by Gasteiger charge is 2.24. The van der Waals surface area contributed by atoms with Crippen LogP contribution in [0.15, 0.2) is 36.7 Å². The molecule has 0 saturated carbocycles. The van der Waals surface area contributed by atoms with Crippen molar-refractivity contribution in [2.24, 2.45) is 5.41 Å². The number of rotatable bonds is 3. The van der Waals surface area contributed by atoms with Gasteiger partial charge in [-0.15, -0.1) is 0 Å². The van der Waals surface area contributed by atoms with E-state index in [9.17, 15) is 14.0 Å². The number of nitrogens with one attached hydrogen (secondary N) is 1. The molecule has 1 aromatic heterocycles. The maximum absolute atomic E-state index is 13.1. The van der Waals surface area contributed by atoms with Crippen molar-refractivity contribution in [3.05, 3.63) is 58.6 Å². The van der Waals surface area contributed by atoms with Crippen LogP contribution < -0.4 is 5.32 Å². The number of amides is 1. The Morgan fingerprint density at radius 1 is 1.17 bits per heavy atom. The van der Waals surface area contributed by atoms with Gasteiger partial charge in [0.15, 0.2) is 5.78 Å². The van der Waals surface area contributed by atoms with Crippen LogP contribution in [0.3, 0.4) is 0 Å². The quantitative estimate of drug-likeness (QED) is 0.860. The molecule has 0 unspecified atom stereocenters. The standard InChI is InChI=1S/C17H16ClFN2O2/c1-17(2,3)16(23)21-14-9-20-7-6-12(14)15(22)11-5-4-10(19)8-13(11)18/h4-9H,1-3H3,(H,21,23). The van der Waals surface area contributed by atoms with Crippen molar-refractivity contribution in [2.75, 3.05) is 5.32 Å². The minimum atomic E-state index is -0.621. The Morgan fingerprint density at radius 2 is 1.87 bits per heavy atom. The number of hydrogen-bond donors (Lipinski definition) is 1. The van der Waals surface area contributed by atoms with E-state index in [0.29, 0.717) is 0 Å². The van der Waals surface area contributed by atoms with Gasteiger partial charge in [0, 0.05) is 22.7 Å². The molecule has 1 N–H and O–H groups in total. The van der Waals surface area contributed by atoms with Gasteiger partial charge < -0.3 is 5.32 Å². The smallest absolute Gasteiger partial charge is 0.229 e. The number of hydrogen-bond acceptors (Lipinski definition) is 3. The zero-order valence-corrected chi connectivity index (χ0v) is 13.7. The first-order valence-corrected chi connectivity index (χ1v) is 7.33. The third-order valence-electron chi connectivity index (χ3n) is 3.17. The molecule has 0 aliphatic rings. The summed E-state index contributed by atoms with van der Waals surface area (Å²) in [6.45, 7) is 5.28. The molecule has 1 aromatic carbocycles. The summed E-state index contributed by atoms with van der Waals surface area (Å²) in [5, 5.41) is 2.71. The lowest BCUT2D eigenvalue weighted by atomic mass is 9.95. The van der Waals surface area contributed by atoms with Crippen molar-refractivity contribution in [3.63, 3.8) is 0 Å². The fourth-order valence-corrected chi connectivity index (χ4v) is 2.07. The molecule has 0 bridgehead atoms. The van der Waals surface area contributed by atoms with Crippen molar-refractivity contribution in [2.45, 2.75) is 20.8 Å². The Balaban J connectivity index is 2.40. The average molecular weight is 335 g/mol. The number of carbonyl (C=O) groups is 2. The molecule has 0 fully saturated rings. The fraction of sp³-hybridized carbons (Fsp3) is 0.235. The number of anilines is 1. The van der Waals surface area contributed by atoms with Crippen LogP contribution >= 0.6 is 11.6 Å². The second kappa shape index (κ2) is 6.46. The number of aromatic nitrogens is 1. The predicted molar refractivity (Wildman–Crippen MR) is 87.2 cm³/mol. The number of ketones is 1. The minimum absolute atomic E-state index is 0.0138. The van der Waals surface area contributed by atoms with Crippen LogP contribution in [0.1, 0.15) is 36.7 Å². The molecule has 0 spiro atoms. The van der Waals surface area contributed by atoms with E-state index in [1.807, 2.05) is 0 Å². The maximum Gasteiger partial charge on any atom is 0.229 e. The van der Waals surface area contributed by atoms with Crippen LogP contribution in [0, 0.1) is 11.2 Å². The van der Waals surface area contributed by atoms with Gasteiger partial charge >= 0.3 is 0 Å². The van der Waals surface area contributed by atoms with E-state index in [1.54, 1.807) is 20.8 Å². The molecule has 23 heavy (non-hydrogen) atoms. The average Bonchev–Trinajstić information content (AvgIpc) is 2.46. The second-order valence-electron chi connectivity index (χ2n) is 6.08. The number of carbonyl (C=O) groups excluding carboxylic acids is 2. The van der Waals surface area contributed by atoms with E-state index in [1.165, 1.54) is 24.5 Å². The molecule has 1 heterocycles. The molecule has 2 aromatic rings. The lowest BCUT2D eigenvalue weighted by Gasteiger charge is -2.19. The van der Waals surface area contributed by atoms with Gasteiger partial charge in [-0.3, -0.25) is 14.6 Å². The second-order valence-corrected chi connectivity index (χ2v) is 6.49. The third kappa shape index (κ3) is 3.93. The van der Waals surface area contributed by atoms with Gasteiger partial charge in [-0.05, 0) is 24.3 Å². The van der Waals surface area contributed by atoms with Crippen molar-refractivity contribution in [1.82, 2.24) is 4.98 Å². The van der Waals surface area contributed by atoms with Crippen LogP contribution in [-0.4, -0.2) is 16.7 Å². The Hall–Kier alpha value is -2.27. The van der Waals surface area contributed by atoms with E-state index in [2.05, 4.69) is 10.3 Å². The van der Waals surface area contributed by atoms with Gasteiger partial charge in [0.1, 0.15) is 5.82 Å². The molecule has 4 nitrogen and oxygen atoms in total. The summed E-state index contributed by atoms with van der Waals surface area (Å²) in [4.78, 5) is 28.7. The highest BCUT2D eigenvalue weighted by molar-refractivity contribution is 6.35. The molecule has 6 heteroatoms. The molecule has 0 saturated heterocycles. The Morgan fingerprint density at radius 3 is 2.48 bits per heavy atom. The number of pyridine rings is 1. The summed E-state index contributed by atoms with van der Waals surface area (Å²) >= 11 is 5.94. The van der Waals surface area contributed by atoms with E-state index < -0.39 is 17.0 Å². The van der Waals surface area contributed by atoms with E-state index in [4.69, 9.17) is 11.6 Å². The first-order valence-electron chi connectivity index (χ1n) is 6.95. The zero-order valence-electron chi connectivity index (χ0n) is 13.0. The lowest BCUT2D eigenvalue weighted by molar-refractivity contribution is -0.123. The summed E-state index contributed by atoms with van der Waals surface area (Å²) in [6, 6.07) is 5.03. The van der Waals surface area contributed by atoms with Crippen LogP contribution in [0.5, 0.6) is 0 Å². The van der Waals surface area contributed by atoms with Crippen LogP contribution in [-0.2, 0) is 4.79 Å². The van der Waals surface area contributed by atoms with E-state index in [0.717, 1.165) is 12.1 Å². The van der Waals surface area contributed by atoms with Gasteiger partial charge in [0.2, 0.25) is 5.91 Å². The van der Waals surface area contributed by atoms with Gasteiger partial charge in [0.05, 0.1) is 16.9 Å². The molecule has 0 aliphatic heterocycles. The molecule has 2 rings (SSSR count). The molecule has 0 aliphatic carbocycles. The SMILES string of the molecule is CC(C)(C)C(=O)Nc1cnccc1C(=O)c1ccc(F)cc1Cl. The van der Waals surface area contributed by atoms with Crippen molar-refractivity contribution < 1.29 is 14.0 Å². The summed E-state index contributed by atoms with van der Waals surface area (Å²) in [6.07, 6.45) is 2.84. The first-order chi connectivity index (χ1) is 10.7. The molecule has 120 valence electrons. The Kier molecular flexibility index (Phi) is 4.80. The van der Waals surface area contributed by atoms with Gasteiger partial charge in [-0.25, -0.2) is 4.39 Å². The minimum Gasteiger partial charge on any atom is -0.324 e. The summed E-state index contributed by atoms with van der Waals surface area (Å²) < 4.78 is 13.1. The summed E-state index contributed by atoms with van der Waals surface area (Å²) in [7, 11) is 0. The van der Waals surface area contributed by atoms with Crippen molar-refractivity contribution in [3.8, 4) is 0 Å². The summed E-state index contributed by atoms with van der Waals surface area (Å²) in [5.74, 6) is -1.19. The highest BCUT2D eigenvalue weighted by Crippen LogP contribution is 2.25. The Bertz CT molecular complexity index is 769. The molecule has 0 atom stereocenters. The van der Waals surface area contributed by atoms with Crippen LogP contribution in [0.25, 0.3) is 0 Å². The van der Waals surface area contributed by atoms with Gasteiger partial charge in [-0.1, -0.05) is 32.4 Å². The highest BCUT2D eigenvalue weighted by atomic mass is 35.5. The zero-order chi connectivity index (χ0) is 17.2. The number of halogens is 2. The lowest BCUT2D eigenvalue weighted by Crippen LogP contribution is -2.28. The van der Waals surface area contributed by atoms with E-state index in [-0.39, 0.29) is 27.7 Å². The monoisotopic (exact) mass is 334 g/mol. The maximum atomic E-state index is 13.1. The largest absolute Gasteiger partial charge is 0.324 e. The van der Waals surface area contributed by atoms with Gasteiger partial charge in [0.25, 0.3) is 0 Å². The molecular formula is C17H16ClFN2O2. The summed E-state index contributed by atoms with van der Waals surface area (Å²) in [5.41, 5.74) is 0.0680. The number of benzene rings is 1. The number of nitrogens with zero attached hydrogens (tertiary/aromatic N) is 1. The van der Waals surface area contributed by atoms with Crippen molar-refractivity contribution >= 4 is 29.0 Å². The normalized spacial score (nSPS) is 11.2. The molecule has 1 amide bonds. The predicted octanol–water partition coefficient (Wildman–Crippen LogP) is 4.09. The topological polar surface area (TPSA) is 59.1 Å². The third-order valence-corrected chi connectivity index (χ3v) is 3.48. The van der Waals surface area contributed by atoms with E-state index >= 15 is 0 Å². The Labute approximate surface area is 138 Å². The van der Waals surface area contributed by atoms with Crippen LogP contribution in [0.4, 0.5) is 10.1 Å².